The Balaban J connectivity index is 1.96. The summed E-state index contributed by atoms with van der Waals surface area (Å²) in [5.41, 5.74) is 4.53. The predicted octanol–water partition coefficient (Wildman–Crippen LogP) is 4.97. The van der Waals surface area contributed by atoms with Gasteiger partial charge in [0.15, 0.2) is 5.78 Å². The molecule has 1 heterocycles. The van der Waals surface area contributed by atoms with Crippen LogP contribution in [0.3, 0.4) is 0 Å². The fourth-order valence-electron chi connectivity index (χ4n) is 3.44. The molecule has 4 rings (SSSR count). The molecule has 0 saturated carbocycles. The van der Waals surface area contributed by atoms with Gasteiger partial charge in [-0.25, -0.2) is 0 Å². The number of rotatable bonds is 2. The van der Waals surface area contributed by atoms with Crippen molar-refractivity contribution in [3.05, 3.63) is 69.8 Å². The van der Waals surface area contributed by atoms with Gasteiger partial charge in [-0.05, 0) is 42.2 Å². The molecule has 22 heavy (non-hydrogen) atoms. The lowest BCUT2D eigenvalue weighted by Crippen LogP contribution is -2.15. The molecule has 2 nitrogen and oxygen atoms in total. The number of fused-ring (bicyclic) bond motifs is 3. The monoisotopic (exact) mass is 353 g/mol. The summed E-state index contributed by atoms with van der Waals surface area (Å²) in [4.78, 5) is 12.5. The van der Waals surface area contributed by atoms with Crippen molar-refractivity contribution in [1.82, 2.24) is 4.57 Å². The number of hydrogen-bond acceptors (Lipinski definition) is 1. The largest absolute Gasteiger partial charge is 0.333 e. The van der Waals surface area contributed by atoms with Crippen LogP contribution in [0.2, 0.25) is 0 Å². The van der Waals surface area contributed by atoms with Crippen molar-refractivity contribution in [2.45, 2.75) is 25.8 Å². The van der Waals surface area contributed by atoms with E-state index in [0.717, 1.165) is 35.1 Å². The standard InChI is InChI=1S/C19H16BrNO/c20-14-9-10-17-16(11-14)15-7-4-8-18(22)19(15)21(17)12-13-5-2-1-3-6-13/h1-3,5-6,9-11H,4,7-8,12H2. The molecule has 2 aromatic carbocycles. The van der Waals surface area contributed by atoms with Crippen molar-refractivity contribution in [3.63, 3.8) is 0 Å². The molecule has 0 spiro atoms. The van der Waals surface area contributed by atoms with Crippen molar-refractivity contribution in [1.29, 1.82) is 0 Å². The van der Waals surface area contributed by atoms with Crippen LogP contribution in [0.4, 0.5) is 0 Å². The van der Waals surface area contributed by atoms with Gasteiger partial charge in [0.2, 0.25) is 0 Å². The van der Waals surface area contributed by atoms with Gasteiger partial charge >= 0.3 is 0 Å². The molecule has 110 valence electrons. The van der Waals surface area contributed by atoms with Crippen molar-refractivity contribution in [2.24, 2.45) is 0 Å². The number of halogens is 1. The number of Topliss-reactive ketones (excluding diaryl/α,β-unsaturated/α-hetero) is 1. The Morgan fingerprint density at radius 3 is 2.68 bits per heavy atom. The van der Waals surface area contributed by atoms with Gasteiger partial charge in [-0.15, -0.1) is 0 Å². The van der Waals surface area contributed by atoms with E-state index in [1.165, 1.54) is 16.5 Å². The molecule has 0 atom stereocenters. The minimum atomic E-state index is 0.282. The molecule has 3 heteroatoms. The summed E-state index contributed by atoms with van der Waals surface area (Å²) >= 11 is 3.56. The smallest absolute Gasteiger partial charge is 0.179 e. The summed E-state index contributed by atoms with van der Waals surface area (Å²) in [6.45, 7) is 0.750. The summed E-state index contributed by atoms with van der Waals surface area (Å²) in [5.74, 6) is 0.282. The van der Waals surface area contributed by atoms with Gasteiger partial charge < -0.3 is 4.57 Å². The maximum atomic E-state index is 12.5. The molecule has 0 bridgehead atoms. The third-order valence-corrected chi connectivity index (χ3v) is 4.90. The lowest BCUT2D eigenvalue weighted by Gasteiger charge is -2.15. The Kier molecular flexibility index (Phi) is 3.38. The third kappa shape index (κ3) is 2.20. The molecule has 0 saturated heterocycles. The summed E-state index contributed by atoms with van der Waals surface area (Å²) in [6, 6.07) is 16.7. The van der Waals surface area contributed by atoms with Gasteiger partial charge in [-0.1, -0.05) is 46.3 Å². The Morgan fingerprint density at radius 2 is 1.86 bits per heavy atom. The predicted molar refractivity (Wildman–Crippen MR) is 92.5 cm³/mol. The molecule has 0 unspecified atom stereocenters. The van der Waals surface area contributed by atoms with E-state index in [0.29, 0.717) is 6.42 Å². The average Bonchev–Trinajstić information content (AvgIpc) is 2.83. The van der Waals surface area contributed by atoms with Gasteiger partial charge in [0, 0.05) is 28.3 Å². The highest BCUT2D eigenvalue weighted by Gasteiger charge is 2.25. The minimum Gasteiger partial charge on any atom is -0.333 e. The molecule has 1 aliphatic rings. The summed E-state index contributed by atoms with van der Waals surface area (Å²) in [6.07, 6.45) is 2.62. The number of hydrogen-bond donors (Lipinski definition) is 0. The summed E-state index contributed by atoms with van der Waals surface area (Å²) in [5, 5.41) is 1.22. The first-order valence-corrected chi connectivity index (χ1v) is 8.41. The quantitative estimate of drug-likeness (QED) is 0.637. The van der Waals surface area contributed by atoms with E-state index in [1.54, 1.807) is 0 Å². The average molecular weight is 354 g/mol. The molecule has 0 N–H and O–H groups in total. The molecular weight excluding hydrogens is 338 g/mol. The van der Waals surface area contributed by atoms with Gasteiger partial charge in [0.05, 0.1) is 5.69 Å². The number of nitrogens with zero attached hydrogens (tertiary/aromatic N) is 1. The lowest BCUT2D eigenvalue weighted by molar-refractivity contribution is 0.0964. The summed E-state index contributed by atoms with van der Waals surface area (Å²) < 4.78 is 3.27. The van der Waals surface area contributed by atoms with Crippen LogP contribution in [0.5, 0.6) is 0 Å². The molecule has 0 fully saturated rings. The Morgan fingerprint density at radius 1 is 1.05 bits per heavy atom. The van der Waals surface area contributed by atoms with Gasteiger partial charge in [0.1, 0.15) is 0 Å². The van der Waals surface area contributed by atoms with Crippen molar-refractivity contribution in [2.75, 3.05) is 0 Å². The number of aryl methyl sites for hydroxylation is 1. The zero-order chi connectivity index (χ0) is 15.1. The van der Waals surface area contributed by atoms with Crippen LogP contribution in [-0.4, -0.2) is 10.4 Å². The number of benzene rings is 2. The zero-order valence-electron chi connectivity index (χ0n) is 12.2. The van der Waals surface area contributed by atoms with Crippen LogP contribution in [0, 0.1) is 0 Å². The lowest BCUT2D eigenvalue weighted by atomic mass is 9.94. The second kappa shape index (κ2) is 5.40. The van der Waals surface area contributed by atoms with Gasteiger partial charge in [-0.3, -0.25) is 4.79 Å². The fraction of sp³-hybridized carbons (Fsp3) is 0.211. The normalized spacial score (nSPS) is 14.3. The molecule has 0 radical (unpaired) electrons. The summed E-state index contributed by atoms with van der Waals surface area (Å²) in [7, 11) is 0. The third-order valence-electron chi connectivity index (χ3n) is 4.41. The second-order valence-electron chi connectivity index (χ2n) is 5.84. The minimum absolute atomic E-state index is 0.282. The number of ketones is 1. The molecule has 0 amide bonds. The zero-order valence-corrected chi connectivity index (χ0v) is 13.8. The van der Waals surface area contributed by atoms with Crippen LogP contribution in [0.1, 0.15) is 34.5 Å². The van der Waals surface area contributed by atoms with Crippen LogP contribution in [0.25, 0.3) is 10.9 Å². The van der Waals surface area contributed by atoms with E-state index in [2.05, 4.69) is 50.8 Å². The first-order valence-electron chi connectivity index (χ1n) is 7.62. The fourth-order valence-corrected chi connectivity index (χ4v) is 3.80. The van der Waals surface area contributed by atoms with Crippen LogP contribution < -0.4 is 0 Å². The SMILES string of the molecule is O=C1CCCc2c1n(Cc1ccccc1)c1ccc(Br)cc21. The van der Waals surface area contributed by atoms with E-state index in [9.17, 15) is 4.79 Å². The highest BCUT2D eigenvalue weighted by atomic mass is 79.9. The van der Waals surface area contributed by atoms with Crippen LogP contribution in [0.15, 0.2) is 53.0 Å². The van der Waals surface area contributed by atoms with E-state index in [1.807, 2.05) is 18.2 Å². The van der Waals surface area contributed by atoms with Crippen molar-refractivity contribution < 1.29 is 4.79 Å². The first-order chi connectivity index (χ1) is 10.7. The molecular formula is C19H16BrNO. The first kappa shape index (κ1) is 13.8. The maximum Gasteiger partial charge on any atom is 0.179 e. The molecule has 3 aromatic rings. The maximum absolute atomic E-state index is 12.5. The van der Waals surface area contributed by atoms with E-state index in [4.69, 9.17) is 0 Å². The Labute approximate surface area is 137 Å². The number of aromatic nitrogens is 1. The topological polar surface area (TPSA) is 22.0 Å². The molecule has 1 aliphatic carbocycles. The van der Waals surface area contributed by atoms with Crippen LogP contribution in [-0.2, 0) is 13.0 Å². The van der Waals surface area contributed by atoms with E-state index in [-0.39, 0.29) is 5.78 Å². The van der Waals surface area contributed by atoms with E-state index < -0.39 is 0 Å². The molecule has 1 aromatic heterocycles. The van der Waals surface area contributed by atoms with Crippen molar-refractivity contribution >= 4 is 32.6 Å². The molecule has 0 aliphatic heterocycles. The highest BCUT2D eigenvalue weighted by molar-refractivity contribution is 9.10. The number of carbonyl (C=O) groups is 1. The second-order valence-corrected chi connectivity index (χ2v) is 6.75. The Bertz CT molecular complexity index is 864. The van der Waals surface area contributed by atoms with Crippen molar-refractivity contribution in [3.8, 4) is 0 Å². The highest BCUT2D eigenvalue weighted by Crippen LogP contribution is 2.34. The van der Waals surface area contributed by atoms with Gasteiger partial charge in [0.25, 0.3) is 0 Å². The van der Waals surface area contributed by atoms with Gasteiger partial charge in [-0.2, -0.15) is 0 Å². The van der Waals surface area contributed by atoms with E-state index >= 15 is 0 Å². The van der Waals surface area contributed by atoms with Crippen LogP contribution >= 0.6 is 15.9 Å². The number of carbonyl (C=O) groups excluding carboxylic acids is 1. The Hall–Kier alpha value is -1.87.